The van der Waals surface area contributed by atoms with Crippen molar-refractivity contribution in [2.45, 2.75) is 50.9 Å². The normalized spacial score (nSPS) is 31.5. The van der Waals surface area contributed by atoms with Gasteiger partial charge in [-0.3, -0.25) is 0 Å². The Hall–Kier alpha value is -0.810. The molecule has 2 heterocycles. The van der Waals surface area contributed by atoms with Crippen molar-refractivity contribution in [3.63, 3.8) is 0 Å². The molecule has 0 bridgehead atoms. The lowest BCUT2D eigenvalue weighted by molar-refractivity contribution is -0.109. The molecular weight excluding hydrogens is 222 g/mol. The van der Waals surface area contributed by atoms with E-state index in [1.807, 2.05) is 20.8 Å². The molecule has 1 spiro atoms. The highest BCUT2D eigenvalue weighted by Crippen LogP contribution is 2.40. The van der Waals surface area contributed by atoms with Crippen molar-refractivity contribution < 1.29 is 19.4 Å². The standard InChI is InChI=1S/C12H21NO4/c1-10(2,3)17-9(14)13-6-12(7-13)5-11(4,15)8-16-12/h15H,5-8H2,1-4H3. The third-order valence-corrected chi connectivity index (χ3v) is 3.00. The highest BCUT2D eigenvalue weighted by atomic mass is 16.6. The van der Waals surface area contributed by atoms with Gasteiger partial charge in [-0.15, -0.1) is 0 Å². The molecule has 1 amide bonds. The number of carbonyl (C=O) groups is 1. The largest absolute Gasteiger partial charge is 0.444 e. The molecule has 0 aromatic heterocycles. The van der Waals surface area contributed by atoms with E-state index in [1.165, 1.54) is 0 Å². The number of aliphatic hydroxyl groups is 1. The Morgan fingerprint density at radius 1 is 1.41 bits per heavy atom. The van der Waals surface area contributed by atoms with Crippen LogP contribution in [0.15, 0.2) is 0 Å². The van der Waals surface area contributed by atoms with Crippen LogP contribution in [0.2, 0.25) is 0 Å². The van der Waals surface area contributed by atoms with Crippen molar-refractivity contribution in [2.75, 3.05) is 19.7 Å². The van der Waals surface area contributed by atoms with E-state index in [2.05, 4.69) is 0 Å². The summed E-state index contributed by atoms with van der Waals surface area (Å²) in [4.78, 5) is 13.3. The number of amides is 1. The second kappa shape index (κ2) is 3.59. The van der Waals surface area contributed by atoms with Gasteiger partial charge in [0, 0.05) is 6.42 Å². The molecular formula is C12H21NO4. The summed E-state index contributed by atoms with van der Waals surface area (Å²) in [5.74, 6) is 0. The SMILES string of the molecule is CC1(O)COC2(CN(C(=O)OC(C)(C)C)C2)C1. The van der Waals surface area contributed by atoms with Gasteiger partial charge in [0.05, 0.1) is 25.3 Å². The van der Waals surface area contributed by atoms with Gasteiger partial charge >= 0.3 is 6.09 Å². The lowest BCUT2D eigenvalue weighted by Crippen LogP contribution is -2.64. The number of likely N-dealkylation sites (tertiary alicyclic amines) is 1. The summed E-state index contributed by atoms with van der Waals surface area (Å²) in [5.41, 5.74) is -1.58. The Morgan fingerprint density at radius 2 is 2.00 bits per heavy atom. The maximum Gasteiger partial charge on any atom is 0.410 e. The third-order valence-electron chi connectivity index (χ3n) is 3.00. The Kier molecular flexibility index (Phi) is 2.67. The van der Waals surface area contributed by atoms with E-state index < -0.39 is 11.2 Å². The highest BCUT2D eigenvalue weighted by Gasteiger charge is 2.55. The molecule has 98 valence electrons. The van der Waals surface area contributed by atoms with Gasteiger partial charge in [0.15, 0.2) is 0 Å². The first-order chi connectivity index (χ1) is 7.61. The summed E-state index contributed by atoms with van der Waals surface area (Å²) in [6.45, 7) is 8.66. The first-order valence-electron chi connectivity index (χ1n) is 5.95. The van der Waals surface area contributed by atoms with Gasteiger partial charge in [0.1, 0.15) is 11.2 Å². The van der Waals surface area contributed by atoms with Crippen LogP contribution in [0.4, 0.5) is 4.79 Å². The van der Waals surface area contributed by atoms with E-state index in [4.69, 9.17) is 9.47 Å². The first kappa shape index (κ1) is 12.6. The van der Waals surface area contributed by atoms with E-state index in [1.54, 1.807) is 11.8 Å². The van der Waals surface area contributed by atoms with Crippen LogP contribution in [0.5, 0.6) is 0 Å². The van der Waals surface area contributed by atoms with Crippen LogP contribution in [-0.2, 0) is 9.47 Å². The monoisotopic (exact) mass is 243 g/mol. The second-order valence-corrected chi connectivity index (χ2v) is 6.48. The van der Waals surface area contributed by atoms with Crippen molar-refractivity contribution in [2.24, 2.45) is 0 Å². The number of hydrogen-bond donors (Lipinski definition) is 1. The molecule has 17 heavy (non-hydrogen) atoms. The zero-order chi connectivity index (χ0) is 12.9. The van der Waals surface area contributed by atoms with E-state index in [0.717, 1.165) is 0 Å². The molecule has 2 fully saturated rings. The Morgan fingerprint density at radius 3 is 2.41 bits per heavy atom. The van der Waals surface area contributed by atoms with E-state index in [9.17, 15) is 9.90 Å². The highest BCUT2D eigenvalue weighted by molar-refractivity contribution is 5.69. The molecule has 0 aromatic rings. The van der Waals surface area contributed by atoms with Crippen LogP contribution in [0.1, 0.15) is 34.1 Å². The Balaban J connectivity index is 1.85. The number of carbonyl (C=O) groups excluding carboxylic acids is 1. The molecule has 1 unspecified atom stereocenters. The van der Waals surface area contributed by atoms with E-state index in [0.29, 0.717) is 26.1 Å². The molecule has 5 heteroatoms. The quantitative estimate of drug-likeness (QED) is 0.693. The maximum atomic E-state index is 11.7. The average Bonchev–Trinajstić information content (AvgIpc) is 2.36. The molecule has 0 aliphatic carbocycles. The minimum absolute atomic E-state index is 0.307. The zero-order valence-corrected chi connectivity index (χ0v) is 10.9. The second-order valence-electron chi connectivity index (χ2n) is 6.48. The zero-order valence-electron chi connectivity index (χ0n) is 10.9. The van der Waals surface area contributed by atoms with Gasteiger partial charge in [-0.25, -0.2) is 4.79 Å². The lowest BCUT2D eigenvalue weighted by Gasteiger charge is -2.47. The van der Waals surface area contributed by atoms with Gasteiger partial charge in [0.2, 0.25) is 0 Å². The maximum absolute atomic E-state index is 11.7. The number of rotatable bonds is 0. The molecule has 1 N–H and O–H groups in total. The molecule has 0 radical (unpaired) electrons. The fourth-order valence-corrected chi connectivity index (χ4v) is 2.41. The molecule has 2 aliphatic rings. The molecule has 0 aromatic carbocycles. The third kappa shape index (κ3) is 2.72. The minimum atomic E-state index is -0.764. The summed E-state index contributed by atoms with van der Waals surface area (Å²) in [7, 11) is 0. The summed E-state index contributed by atoms with van der Waals surface area (Å²) in [5, 5.41) is 9.85. The number of hydrogen-bond acceptors (Lipinski definition) is 4. The topological polar surface area (TPSA) is 59.0 Å². The number of nitrogens with zero attached hydrogens (tertiary/aromatic N) is 1. The van der Waals surface area contributed by atoms with Crippen LogP contribution >= 0.6 is 0 Å². The lowest BCUT2D eigenvalue weighted by atomic mass is 9.86. The van der Waals surface area contributed by atoms with Crippen molar-refractivity contribution >= 4 is 6.09 Å². The van der Waals surface area contributed by atoms with Crippen molar-refractivity contribution in [1.29, 1.82) is 0 Å². The van der Waals surface area contributed by atoms with Crippen LogP contribution in [0.25, 0.3) is 0 Å². The first-order valence-corrected chi connectivity index (χ1v) is 5.95. The fourth-order valence-electron chi connectivity index (χ4n) is 2.41. The molecule has 0 saturated carbocycles. The summed E-state index contributed by atoms with van der Waals surface area (Å²) < 4.78 is 10.9. The van der Waals surface area contributed by atoms with Gasteiger partial charge < -0.3 is 19.5 Å². The van der Waals surface area contributed by atoms with E-state index >= 15 is 0 Å². The predicted octanol–water partition coefficient (Wildman–Crippen LogP) is 1.15. The van der Waals surface area contributed by atoms with Gasteiger partial charge in [0.25, 0.3) is 0 Å². The predicted molar refractivity (Wildman–Crippen MR) is 61.7 cm³/mol. The molecule has 1 atom stereocenters. The fraction of sp³-hybridized carbons (Fsp3) is 0.917. The Labute approximate surface area is 102 Å². The summed E-state index contributed by atoms with van der Waals surface area (Å²) in [6, 6.07) is 0. The minimum Gasteiger partial charge on any atom is -0.444 e. The van der Waals surface area contributed by atoms with Crippen LogP contribution in [0, 0.1) is 0 Å². The average molecular weight is 243 g/mol. The number of ether oxygens (including phenoxy) is 2. The van der Waals surface area contributed by atoms with Gasteiger partial charge in [-0.2, -0.15) is 0 Å². The smallest absolute Gasteiger partial charge is 0.410 e. The van der Waals surface area contributed by atoms with Crippen molar-refractivity contribution in [1.82, 2.24) is 4.90 Å². The van der Waals surface area contributed by atoms with Crippen molar-refractivity contribution in [3.05, 3.63) is 0 Å². The molecule has 2 saturated heterocycles. The van der Waals surface area contributed by atoms with Gasteiger partial charge in [-0.1, -0.05) is 0 Å². The van der Waals surface area contributed by atoms with Crippen LogP contribution in [-0.4, -0.2) is 52.6 Å². The van der Waals surface area contributed by atoms with Crippen LogP contribution in [0.3, 0.4) is 0 Å². The summed E-state index contributed by atoms with van der Waals surface area (Å²) in [6.07, 6.45) is 0.275. The van der Waals surface area contributed by atoms with Crippen molar-refractivity contribution in [3.8, 4) is 0 Å². The molecule has 5 nitrogen and oxygen atoms in total. The van der Waals surface area contributed by atoms with Crippen LogP contribution < -0.4 is 0 Å². The Bertz CT molecular complexity index is 326. The van der Waals surface area contributed by atoms with E-state index in [-0.39, 0.29) is 11.7 Å². The summed E-state index contributed by atoms with van der Waals surface area (Å²) >= 11 is 0. The van der Waals surface area contributed by atoms with Gasteiger partial charge in [-0.05, 0) is 27.7 Å². The molecule has 2 aliphatic heterocycles. The molecule has 2 rings (SSSR count).